The minimum atomic E-state index is -0.931. The quantitative estimate of drug-likeness (QED) is 0.157. The fourth-order valence-corrected chi connectivity index (χ4v) is 8.11. The molecule has 0 saturated carbocycles. The lowest BCUT2D eigenvalue weighted by atomic mass is 9.94. The zero-order valence-electron chi connectivity index (χ0n) is 27.3. The van der Waals surface area contributed by atoms with Crippen LogP contribution in [0, 0.1) is 0 Å². The summed E-state index contributed by atoms with van der Waals surface area (Å²) in [6, 6.07) is 14.3. The van der Waals surface area contributed by atoms with E-state index >= 15 is 0 Å². The molecule has 0 fully saturated rings. The highest BCUT2D eigenvalue weighted by Gasteiger charge is 2.41. The van der Waals surface area contributed by atoms with Crippen molar-refractivity contribution in [2.24, 2.45) is 0 Å². The molecule has 3 aliphatic heterocycles. The molecule has 7 rings (SSSR count). The van der Waals surface area contributed by atoms with E-state index in [1.165, 1.54) is 7.11 Å². The number of ether oxygens (including phenoxy) is 3. The van der Waals surface area contributed by atoms with Crippen LogP contribution >= 0.6 is 22.9 Å². The summed E-state index contributed by atoms with van der Waals surface area (Å²) in [5.74, 6) is 0.977. The van der Waals surface area contributed by atoms with Gasteiger partial charge in [-0.05, 0) is 51.4 Å². The summed E-state index contributed by atoms with van der Waals surface area (Å²) in [5, 5.41) is 27.9. The molecule has 3 aromatic carbocycles. The molecular formula is C37H38ClN3O7S. The van der Waals surface area contributed by atoms with Gasteiger partial charge < -0.3 is 39.1 Å². The molecule has 0 bridgehead atoms. The van der Waals surface area contributed by atoms with Gasteiger partial charge in [0, 0.05) is 49.5 Å². The average Bonchev–Trinajstić information content (AvgIpc) is 3.79. The number of thiophene rings is 1. The number of hydrogen-bond donors (Lipinski definition) is 2. The number of rotatable bonds is 10. The van der Waals surface area contributed by atoms with Crippen LogP contribution in [-0.4, -0.2) is 92.1 Å². The highest BCUT2D eigenvalue weighted by atomic mass is 35.5. The second-order valence-electron chi connectivity index (χ2n) is 12.5. The number of carbonyl (C=O) groups is 2. The SMILES string of the molecule is COc1cc2c(cc1OCCOCCC(=O)N1C[C@@H](CCl)c3c1cc(O)c1ccccc31)N(C)C(O)[C@@H]1CC(c3ccsc3)=CCN1C2=O. The highest BCUT2D eigenvalue weighted by molar-refractivity contribution is 7.08. The maximum atomic E-state index is 13.8. The van der Waals surface area contributed by atoms with Crippen molar-refractivity contribution in [2.75, 3.05) is 62.7 Å². The highest BCUT2D eigenvalue weighted by Crippen LogP contribution is 2.45. The van der Waals surface area contributed by atoms with Crippen molar-refractivity contribution in [2.45, 2.75) is 31.0 Å². The van der Waals surface area contributed by atoms with Gasteiger partial charge in [-0.1, -0.05) is 30.3 Å². The zero-order chi connectivity index (χ0) is 34.2. The number of fused-ring (bicyclic) bond motifs is 5. The lowest BCUT2D eigenvalue weighted by molar-refractivity contribution is -0.119. The molecule has 256 valence electrons. The van der Waals surface area contributed by atoms with E-state index in [0.29, 0.717) is 53.8 Å². The third kappa shape index (κ3) is 6.09. The molecule has 0 spiro atoms. The molecular weight excluding hydrogens is 666 g/mol. The Labute approximate surface area is 293 Å². The number of nitrogens with zero attached hydrogens (tertiary/aromatic N) is 3. The van der Waals surface area contributed by atoms with Crippen LogP contribution in [-0.2, 0) is 9.53 Å². The van der Waals surface area contributed by atoms with Crippen LogP contribution in [0.3, 0.4) is 0 Å². The number of aliphatic hydroxyl groups is 1. The van der Waals surface area contributed by atoms with Crippen molar-refractivity contribution in [3.8, 4) is 17.2 Å². The van der Waals surface area contributed by atoms with Crippen molar-refractivity contribution in [1.82, 2.24) is 4.90 Å². The number of phenolic OH excluding ortho intramolecular Hbond substituents is 1. The van der Waals surface area contributed by atoms with Crippen molar-refractivity contribution in [3.05, 3.63) is 82.1 Å². The summed E-state index contributed by atoms with van der Waals surface area (Å²) >= 11 is 7.94. The summed E-state index contributed by atoms with van der Waals surface area (Å²) in [4.78, 5) is 32.2. The lowest BCUT2D eigenvalue weighted by Crippen LogP contribution is -2.52. The molecule has 0 aliphatic carbocycles. The van der Waals surface area contributed by atoms with Crippen LogP contribution in [0.5, 0.6) is 17.2 Å². The van der Waals surface area contributed by atoms with Crippen LogP contribution in [0.1, 0.15) is 40.2 Å². The molecule has 1 unspecified atom stereocenters. The fraction of sp³-hybridized carbons (Fsp3) is 0.351. The van der Waals surface area contributed by atoms with Crippen molar-refractivity contribution < 1.29 is 34.0 Å². The number of methoxy groups -OCH3 is 1. The van der Waals surface area contributed by atoms with Gasteiger partial charge in [0.2, 0.25) is 5.91 Å². The molecule has 49 heavy (non-hydrogen) atoms. The third-order valence-corrected chi connectivity index (χ3v) is 10.8. The first-order valence-electron chi connectivity index (χ1n) is 16.3. The van der Waals surface area contributed by atoms with Crippen LogP contribution in [0.15, 0.2) is 65.4 Å². The number of aliphatic hydroxyl groups excluding tert-OH is 1. The molecule has 3 atom stereocenters. The molecule has 2 N–H and O–H groups in total. The predicted octanol–water partition coefficient (Wildman–Crippen LogP) is 5.84. The molecule has 1 aromatic heterocycles. The largest absolute Gasteiger partial charge is 0.507 e. The summed E-state index contributed by atoms with van der Waals surface area (Å²) in [6.45, 7) is 1.42. The first-order chi connectivity index (χ1) is 23.8. The van der Waals surface area contributed by atoms with E-state index in [2.05, 4.69) is 17.5 Å². The van der Waals surface area contributed by atoms with Gasteiger partial charge in [-0.15, -0.1) is 11.6 Å². The molecule has 4 heterocycles. The summed E-state index contributed by atoms with van der Waals surface area (Å²) in [7, 11) is 3.29. The van der Waals surface area contributed by atoms with E-state index in [1.807, 2.05) is 29.6 Å². The Morgan fingerprint density at radius 3 is 2.63 bits per heavy atom. The van der Waals surface area contributed by atoms with Gasteiger partial charge in [0.15, 0.2) is 11.5 Å². The second kappa shape index (κ2) is 13.9. The van der Waals surface area contributed by atoms with E-state index in [4.69, 9.17) is 25.8 Å². The van der Waals surface area contributed by atoms with E-state index in [-0.39, 0.29) is 49.7 Å². The minimum absolute atomic E-state index is 0.0339. The Bertz CT molecular complexity index is 1920. The molecule has 12 heteroatoms. The topological polar surface area (TPSA) is 112 Å². The Morgan fingerprint density at radius 1 is 1.06 bits per heavy atom. The molecule has 3 aliphatic rings. The smallest absolute Gasteiger partial charge is 0.256 e. The number of alkyl halides is 1. The summed E-state index contributed by atoms with van der Waals surface area (Å²) < 4.78 is 17.4. The number of hydrogen-bond acceptors (Lipinski definition) is 9. The number of anilines is 2. The predicted molar refractivity (Wildman–Crippen MR) is 191 cm³/mol. The number of benzene rings is 3. The maximum Gasteiger partial charge on any atom is 0.256 e. The molecule has 10 nitrogen and oxygen atoms in total. The molecule has 4 aromatic rings. The van der Waals surface area contributed by atoms with Gasteiger partial charge in [0.25, 0.3) is 5.91 Å². The van der Waals surface area contributed by atoms with Crippen LogP contribution in [0.4, 0.5) is 11.4 Å². The van der Waals surface area contributed by atoms with E-state index in [0.717, 1.165) is 27.5 Å². The van der Waals surface area contributed by atoms with Gasteiger partial charge in [0.05, 0.1) is 49.7 Å². The number of aromatic hydroxyl groups is 1. The van der Waals surface area contributed by atoms with Gasteiger partial charge in [0.1, 0.15) is 18.6 Å². The van der Waals surface area contributed by atoms with Gasteiger partial charge >= 0.3 is 0 Å². The van der Waals surface area contributed by atoms with Crippen LogP contribution < -0.4 is 19.3 Å². The molecule has 2 amide bonds. The van der Waals surface area contributed by atoms with Crippen LogP contribution in [0.2, 0.25) is 0 Å². The Kier molecular flexibility index (Phi) is 9.43. The number of carbonyl (C=O) groups excluding carboxylic acids is 2. The molecule has 0 saturated heterocycles. The zero-order valence-corrected chi connectivity index (χ0v) is 28.9. The Hall–Kier alpha value is -4.29. The van der Waals surface area contributed by atoms with Crippen molar-refractivity contribution >= 4 is 62.5 Å². The third-order valence-electron chi connectivity index (χ3n) is 9.73. The summed E-state index contributed by atoms with van der Waals surface area (Å²) in [5.41, 5.74) is 4.89. The minimum Gasteiger partial charge on any atom is -0.507 e. The van der Waals surface area contributed by atoms with Crippen molar-refractivity contribution in [1.29, 1.82) is 0 Å². The molecule has 0 radical (unpaired) electrons. The number of likely N-dealkylation sites (N-methyl/N-ethyl adjacent to an activating group) is 1. The number of phenols is 1. The lowest BCUT2D eigenvalue weighted by Gasteiger charge is -2.38. The first-order valence-corrected chi connectivity index (χ1v) is 17.7. The van der Waals surface area contributed by atoms with E-state index in [1.54, 1.807) is 51.3 Å². The monoisotopic (exact) mass is 703 g/mol. The van der Waals surface area contributed by atoms with E-state index in [9.17, 15) is 19.8 Å². The standard InChI is InChI=1S/C37H38ClN3O7S/c1-39-28-18-33(32(46-2)16-27(28)36(44)40-10-7-22(15-30(40)37(39)45)23-9-14-49-21-23)48-13-12-47-11-8-34(43)41-20-24(19-38)35-26-6-4-3-5-25(26)31(42)17-29(35)41/h3-7,9,14,16-18,21,24,30,37,42,45H,8,10-13,15,19-20H2,1-2H3/t24-,30+,37?/m1/s1. The van der Waals surface area contributed by atoms with Gasteiger partial charge in [-0.25, -0.2) is 0 Å². The maximum absolute atomic E-state index is 13.8. The van der Waals surface area contributed by atoms with E-state index < -0.39 is 12.3 Å². The summed E-state index contributed by atoms with van der Waals surface area (Å²) in [6.07, 6.45) is 1.82. The van der Waals surface area contributed by atoms with Crippen molar-refractivity contribution in [3.63, 3.8) is 0 Å². The van der Waals surface area contributed by atoms with Crippen LogP contribution in [0.25, 0.3) is 16.3 Å². The fourth-order valence-electron chi connectivity index (χ4n) is 7.18. The second-order valence-corrected chi connectivity index (χ2v) is 13.5. The number of amides is 2. The average molecular weight is 704 g/mol. The van der Waals surface area contributed by atoms with Gasteiger partial charge in [-0.2, -0.15) is 11.3 Å². The number of halogens is 1. The Balaban J connectivity index is 0.974. The van der Waals surface area contributed by atoms with Gasteiger partial charge in [-0.3, -0.25) is 9.59 Å². The Morgan fingerprint density at radius 2 is 1.88 bits per heavy atom. The normalized spacial score (nSPS) is 20.1. The first kappa shape index (κ1) is 33.2.